The Morgan fingerprint density at radius 1 is 1.03 bits per heavy atom. The van der Waals surface area contributed by atoms with E-state index in [1.165, 1.54) is 5.56 Å². The number of pyridine rings is 2. The van der Waals surface area contributed by atoms with Gasteiger partial charge in [0.15, 0.2) is 5.11 Å². The number of aromatic nitrogens is 2. The number of nitrogens with zero attached hydrogens (tertiary/aromatic N) is 3. The Balaban J connectivity index is 1.55. The molecule has 0 amide bonds. The smallest absolute Gasteiger partial charge is 0.170 e. The van der Waals surface area contributed by atoms with Gasteiger partial charge in [-0.05, 0) is 73.2 Å². The van der Waals surface area contributed by atoms with Crippen LogP contribution in [0.25, 0.3) is 11.3 Å². The van der Waals surface area contributed by atoms with Crippen LogP contribution in [-0.4, -0.2) is 20.0 Å². The van der Waals surface area contributed by atoms with Crippen LogP contribution in [0.4, 0.5) is 0 Å². The summed E-state index contributed by atoms with van der Waals surface area (Å²) in [6.45, 7) is 2.64. The molecule has 1 N–H and O–H groups in total. The second kappa shape index (κ2) is 8.84. The molecule has 1 aromatic carbocycles. The molecule has 32 heavy (non-hydrogen) atoms. The number of benzene rings is 1. The third-order valence-corrected chi connectivity index (χ3v) is 6.57. The quantitative estimate of drug-likeness (QED) is 0.337. The van der Waals surface area contributed by atoms with E-state index in [1.54, 1.807) is 12.4 Å². The molecule has 4 aromatic rings. The van der Waals surface area contributed by atoms with Crippen molar-refractivity contribution in [1.82, 2.24) is 20.2 Å². The molecule has 7 heteroatoms. The third-order valence-electron chi connectivity index (χ3n) is 5.56. The molecule has 0 aliphatic carbocycles. The highest BCUT2D eigenvalue weighted by Crippen LogP contribution is 2.41. The topological polar surface area (TPSA) is 54.2 Å². The van der Waals surface area contributed by atoms with Gasteiger partial charge in [0, 0.05) is 22.4 Å². The molecule has 0 radical (unpaired) electrons. The van der Waals surface area contributed by atoms with Crippen LogP contribution in [0.15, 0.2) is 88.0 Å². The van der Waals surface area contributed by atoms with Crippen LogP contribution in [-0.2, 0) is 6.54 Å². The van der Waals surface area contributed by atoms with E-state index < -0.39 is 0 Å². The Bertz CT molecular complexity index is 1250. The Kier molecular flexibility index (Phi) is 5.76. The molecule has 2 atom stereocenters. The van der Waals surface area contributed by atoms with Crippen molar-refractivity contribution in [3.8, 4) is 11.3 Å². The molecule has 1 saturated heterocycles. The number of rotatable bonds is 5. The summed E-state index contributed by atoms with van der Waals surface area (Å²) in [6.07, 6.45) is 3.60. The molecular formula is C25H21BrN4OS. The van der Waals surface area contributed by atoms with E-state index in [2.05, 4.69) is 61.2 Å². The van der Waals surface area contributed by atoms with E-state index in [4.69, 9.17) is 16.6 Å². The van der Waals surface area contributed by atoms with Crippen LogP contribution < -0.4 is 5.32 Å². The second-order valence-corrected chi connectivity index (χ2v) is 9.00. The van der Waals surface area contributed by atoms with E-state index >= 15 is 0 Å². The number of hydrogen-bond acceptors (Lipinski definition) is 4. The molecule has 0 unspecified atom stereocenters. The van der Waals surface area contributed by atoms with Gasteiger partial charge in [0.2, 0.25) is 0 Å². The molecule has 0 spiro atoms. The van der Waals surface area contributed by atoms with Crippen LogP contribution in [0, 0.1) is 6.92 Å². The lowest BCUT2D eigenvalue weighted by molar-refractivity contribution is 0.267. The van der Waals surface area contributed by atoms with E-state index in [0.29, 0.717) is 11.7 Å². The van der Waals surface area contributed by atoms with Gasteiger partial charge in [0.1, 0.15) is 17.6 Å². The van der Waals surface area contributed by atoms with Gasteiger partial charge in [0.05, 0.1) is 24.0 Å². The summed E-state index contributed by atoms with van der Waals surface area (Å²) in [5, 5.41) is 4.11. The number of hydrogen-bond donors (Lipinski definition) is 1. The van der Waals surface area contributed by atoms with Crippen molar-refractivity contribution in [2.45, 2.75) is 25.6 Å². The molecule has 1 aliphatic heterocycles. The molecule has 0 saturated carbocycles. The zero-order valence-electron chi connectivity index (χ0n) is 17.4. The monoisotopic (exact) mass is 504 g/mol. The van der Waals surface area contributed by atoms with Gasteiger partial charge in [-0.2, -0.15) is 0 Å². The average molecular weight is 505 g/mol. The molecule has 5 rings (SSSR count). The minimum absolute atomic E-state index is 0.132. The van der Waals surface area contributed by atoms with Crippen molar-refractivity contribution >= 4 is 33.3 Å². The summed E-state index contributed by atoms with van der Waals surface area (Å²) in [5.74, 6) is 1.63. The maximum Gasteiger partial charge on any atom is 0.170 e. The fraction of sp³-hybridized carbons (Fsp3) is 0.160. The highest BCUT2D eigenvalue weighted by atomic mass is 79.9. The Morgan fingerprint density at radius 2 is 1.84 bits per heavy atom. The lowest BCUT2D eigenvalue weighted by atomic mass is 10.0. The number of furan rings is 1. The van der Waals surface area contributed by atoms with Crippen LogP contribution in [0.2, 0.25) is 0 Å². The van der Waals surface area contributed by atoms with E-state index in [1.807, 2.05) is 48.5 Å². The molecule has 0 bridgehead atoms. The molecule has 5 nitrogen and oxygen atoms in total. The van der Waals surface area contributed by atoms with Gasteiger partial charge in [-0.15, -0.1) is 0 Å². The summed E-state index contributed by atoms with van der Waals surface area (Å²) in [7, 11) is 0. The first-order valence-electron chi connectivity index (χ1n) is 10.3. The Morgan fingerprint density at radius 3 is 2.56 bits per heavy atom. The largest absolute Gasteiger partial charge is 0.459 e. The van der Waals surface area contributed by atoms with E-state index in [9.17, 15) is 0 Å². The maximum atomic E-state index is 6.42. The molecule has 3 aromatic heterocycles. The fourth-order valence-electron chi connectivity index (χ4n) is 4.03. The summed E-state index contributed by atoms with van der Waals surface area (Å²) < 4.78 is 7.43. The van der Waals surface area contributed by atoms with Crippen LogP contribution in [0.5, 0.6) is 0 Å². The van der Waals surface area contributed by atoms with Gasteiger partial charge in [-0.1, -0.05) is 34.1 Å². The fourth-order valence-corrected chi connectivity index (χ4v) is 5.02. The minimum Gasteiger partial charge on any atom is -0.459 e. The zero-order valence-corrected chi connectivity index (χ0v) is 19.8. The lowest BCUT2D eigenvalue weighted by Crippen LogP contribution is -2.29. The first-order chi connectivity index (χ1) is 15.6. The zero-order chi connectivity index (χ0) is 22.1. The van der Waals surface area contributed by atoms with Gasteiger partial charge >= 0.3 is 0 Å². The van der Waals surface area contributed by atoms with E-state index in [0.717, 1.165) is 32.9 Å². The van der Waals surface area contributed by atoms with Gasteiger partial charge in [-0.3, -0.25) is 9.97 Å². The maximum absolute atomic E-state index is 6.42. The minimum atomic E-state index is -0.155. The second-order valence-electron chi connectivity index (χ2n) is 7.76. The Hall–Kier alpha value is -3.03. The molecule has 4 heterocycles. The van der Waals surface area contributed by atoms with Crippen molar-refractivity contribution in [3.63, 3.8) is 0 Å². The van der Waals surface area contributed by atoms with Crippen molar-refractivity contribution in [2.75, 3.05) is 0 Å². The average Bonchev–Trinajstić information content (AvgIpc) is 3.40. The van der Waals surface area contributed by atoms with Crippen molar-refractivity contribution in [3.05, 3.63) is 106 Å². The highest BCUT2D eigenvalue weighted by Gasteiger charge is 2.41. The number of aryl methyl sites for hydroxylation is 1. The summed E-state index contributed by atoms with van der Waals surface area (Å²) in [5.41, 5.74) is 4.06. The highest BCUT2D eigenvalue weighted by molar-refractivity contribution is 9.10. The van der Waals surface area contributed by atoms with Crippen molar-refractivity contribution in [1.29, 1.82) is 0 Å². The van der Waals surface area contributed by atoms with Crippen molar-refractivity contribution < 1.29 is 4.42 Å². The normalized spacial score (nSPS) is 18.1. The van der Waals surface area contributed by atoms with Crippen molar-refractivity contribution in [2.24, 2.45) is 0 Å². The SMILES string of the molecule is Cc1ccc(-c2ccc([C@@H]3[C@H](c4ccccn4)NC(=S)N3Cc3ccccn3)o2)c(Br)c1. The first kappa shape index (κ1) is 20.8. The molecule has 160 valence electrons. The lowest BCUT2D eigenvalue weighted by Gasteiger charge is -2.25. The summed E-state index contributed by atoms with van der Waals surface area (Å²) in [4.78, 5) is 11.2. The third kappa shape index (κ3) is 4.06. The molecule has 1 aliphatic rings. The van der Waals surface area contributed by atoms with Crippen LogP contribution >= 0.6 is 28.1 Å². The summed E-state index contributed by atoms with van der Waals surface area (Å²) >= 11 is 9.41. The predicted octanol–water partition coefficient (Wildman–Crippen LogP) is 5.98. The van der Waals surface area contributed by atoms with Crippen LogP contribution in [0.1, 0.15) is 34.8 Å². The first-order valence-corrected chi connectivity index (χ1v) is 11.5. The number of halogens is 1. The predicted molar refractivity (Wildman–Crippen MR) is 132 cm³/mol. The molecule has 1 fully saturated rings. The van der Waals surface area contributed by atoms with E-state index in [-0.39, 0.29) is 12.1 Å². The van der Waals surface area contributed by atoms with Gasteiger partial charge < -0.3 is 14.6 Å². The summed E-state index contributed by atoms with van der Waals surface area (Å²) in [6, 6.07) is 21.8. The molecular weight excluding hydrogens is 484 g/mol. The number of nitrogens with one attached hydrogen (secondary N) is 1. The standard InChI is InChI=1S/C25H21BrN4OS/c1-16-8-9-18(19(26)14-16)21-10-11-22(31-21)24-23(20-7-3-5-13-28-20)29-25(32)30(24)15-17-6-2-4-12-27-17/h2-14,23-24H,15H2,1H3,(H,29,32)/t23-,24+/m0/s1. The van der Waals surface area contributed by atoms with Crippen LogP contribution in [0.3, 0.4) is 0 Å². The van der Waals surface area contributed by atoms with Gasteiger partial charge in [0.25, 0.3) is 0 Å². The van der Waals surface area contributed by atoms with Gasteiger partial charge in [-0.25, -0.2) is 0 Å². The Labute approximate surface area is 200 Å². The number of thiocarbonyl (C=S) groups is 1.